The fraction of sp³-hybridized carbons (Fsp3) is 0.105. The Labute approximate surface area is 156 Å². The van der Waals surface area contributed by atoms with Crippen LogP contribution in [0.5, 0.6) is 5.75 Å². The van der Waals surface area contributed by atoms with Crippen LogP contribution in [-0.2, 0) is 11.2 Å². The molecule has 2 amide bonds. The smallest absolute Gasteiger partial charge is 0.259 e. The lowest BCUT2D eigenvalue weighted by molar-refractivity contribution is -0.120. The van der Waals surface area contributed by atoms with Gasteiger partial charge in [0.1, 0.15) is 5.75 Å². The molecule has 0 fully saturated rings. The molecule has 2 rings (SSSR count). The van der Waals surface area contributed by atoms with E-state index in [-0.39, 0.29) is 12.3 Å². The maximum Gasteiger partial charge on any atom is 0.259 e. The highest BCUT2D eigenvalue weighted by atomic mass is 35.5. The van der Waals surface area contributed by atoms with Crippen molar-refractivity contribution in [3.05, 3.63) is 76.8 Å². The number of phenols is 1. The number of halogens is 1. The zero-order chi connectivity index (χ0) is 18.9. The number of hydrogen-bond donors (Lipinski definition) is 3. The van der Waals surface area contributed by atoms with E-state index >= 15 is 0 Å². The van der Waals surface area contributed by atoms with Crippen LogP contribution in [0.1, 0.15) is 21.5 Å². The SMILES string of the molecule is C=CCc1cccc(/C=N\NC(=O)CNC(=O)c2ccc(Cl)cc2)c1O. The fourth-order valence-corrected chi connectivity index (χ4v) is 2.24. The number of para-hydroxylation sites is 1. The van der Waals surface area contributed by atoms with Crippen LogP contribution in [0, 0.1) is 0 Å². The second-order valence-electron chi connectivity index (χ2n) is 5.33. The molecule has 2 aromatic carbocycles. The molecule has 0 aromatic heterocycles. The molecule has 0 aliphatic carbocycles. The van der Waals surface area contributed by atoms with Gasteiger partial charge in [-0.25, -0.2) is 5.43 Å². The van der Waals surface area contributed by atoms with E-state index in [1.165, 1.54) is 6.21 Å². The normalized spacial score (nSPS) is 10.5. The Hall–Kier alpha value is -3.12. The van der Waals surface area contributed by atoms with Crippen molar-refractivity contribution in [2.75, 3.05) is 6.54 Å². The number of aromatic hydroxyl groups is 1. The summed E-state index contributed by atoms with van der Waals surface area (Å²) in [6, 6.07) is 11.5. The van der Waals surface area contributed by atoms with E-state index in [0.717, 1.165) is 0 Å². The van der Waals surface area contributed by atoms with Crippen molar-refractivity contribution in [3.63, 3.8) is 0 Å². The molecule has 6 nitrogen and oxygen atoms in total. The zero-order valence-electron chi connectivity index (χ0n) is 13.9. The molecule has 0 saturated heterocycles. The number of phenolic OH excluding ortho intramolecular Hbond substituents is 1. The van der Waals surface area contributed by atoms with Crippen LogP contribution in [0.25, 0.3) is 0 Å². The molecule has 7 heteroatoms. The number of hydrazone groups is 1. The predicted molar refractivity (Wildman–Crippen MR) is 102 cm³/mol. The van der Waals surface area contributed by atoms with Crippen LogP contribution in [0.4, 0.5) is 0 Å². The maximum atomic E-state index is 11.9. The second-order valence-corrected chi connectivity index (χ2v) is 5.77. The summed E-state index contributed by atoms with van der Waals surface area (Å²) in [5, 5.41) is 16.9. The quantitative estimate of drug-likeness (QED) is 0.397. The first kappa shape index (κ1) is 19.2. The third-order valence-electron chi connectivity index (χ3n) is 3.42. The van der Waals surface area contributed by atoms with E-state index in [1.807, 2.05) is 0 Å². The van der Waals surface area contributed by atoms with Gasteiger partial charge >= 0.3 is 0 Å². The van der Waals surface area contributed by atoms with Gasteiger partial charge in [0.15, 0.2) is 0 Å². The number of benzene rings is 2. The van der Waals surface area contributed by atoms with Gasteiger partial charge in [0.2, 0.25) is 0 Å². The molecule has 26 heavy (non-hydrogen) atoms. The molecule has 0 aliphatic rings. The number of allylic oxidation sites excluding steroid dienone is 1. The summed E-state index contributed by atoms with van der Waals surface area (Å²) >= 11 is 5.76. The van der Waals surface area contributed by atoms with Crippen LogP contribution >= 0.6 is 11.6 Å². The van der Waals surface area contributed by atoms with Gasteiger partial charge in [0.05, 0.1) is 12.8 Å². The highest BCUT2D eigenvalue weighted by Gasteiger charge is 2.08. The van der Waals surface area contributed by atoms with Crippen molar-refractivity contribution in [2.45, 2.75) is 6.42 Å². The van der Waals surface area contributed by atoms with Gasteiger partial charge < -0.3 is 10.4 Å². The summed E-state index contributed by atoms with van der Waals surface area (Å²) < 4.78 is 0. The Morgan fingerprint density at radius 2 is 1.92 bits per heavy atom. The molecule has 134 valence electrons. The van der Waals surface area contributed by atoms with Gasteiger partial charge in [0, 0.05) is 16.1 Å². The average molecular weight is 372 g/mol. The lowest BCUT2D eigenvalue weighted by Gasteiger charge is -2.05. The summed E-state index contributed by atoms with van der Waals surface area (Å²) in [6.07, 6.45) is 3.54. The third-order valence-corrected chi connectivity index (χ3v) is 3.68. The largest absolute Gasteiger partial charge is 0.507 e. The molecule has 0 heterocycles. The first-order valence-electron chi connectivity index (χ1n) is 7.78. The lowest BCUT2D eigenvalue weighted by atomic mass is 10.1. The highest BCUT2D eigenvalue weighted by molar-refractivity contribution is 6.30. The van der Waals surface area contributed by atoms with Crippen molar-refractivity contribution >= 4 is 29.6 Å². The Morgan fingerprint density at radius 3 is 2.62 bits per heavy atom. The minimum Gasteiger partial charge on any atom is -0.507 e. The van der Waals surface area contributed by atoms with Gasteiger partial charge in [-0.1, -0.05) is 29.8 Å². The number of hydrogen-bond acceptors (Lipinski definition) is 4. The van der Waals surface area contributed by atoms with E-state index in [4.69, 9.17) is 11.6 Å². The highest BCUT2D eigenvalue weighted by Crippen LogP contribution is 2.21. The topological polar surface area (TPSA) is 90.8 Å². The van der Waals surface area contributed by atoms with Crippen molar-refractivity contribution in [3.8, 4) is 5.75 Å². The number of carbonyl (C=O) groups excluding carboxylic acids is 2. The lowest BCUT2D eigenvalue weighted by Crippen LogP contribution is -2.34. The summed E-state index contributed by atoms with van der Waals surface area (Å²) in [7, 11) is 0. The standard InChI is InChI=1S/C19H18ClN3O3/c1-2-4-13-5-3-6-15(18(13)25)11-22-23-17(24)12-21-19(26)14-7-9-16(20)10-8-14/h2-3,5-11,25H,1,4,12H2,(H,21,26)(H,23,24)/b22-11-. The molecular formula is C19H18ClN3O3. The average Bonchev–Trinajstić information content (AvgIpc) is 2.63. The fourth-order valence-electron chi connectivity index (χ4n) is 2.11. The number of nitrogens with zero attached hydrogens (tertiary/aromatic N) is 1. The van der Waals surface area contributed by atoms with Gasteiger partial charge in [-0.05, 0) is 42.3 Å². The molecule has 0 unspecified atom stereocenters. The van der Waals surface area contributed by atoms with E-state index in [1.54, 1.807) is 48.5 Å². The van der Waals surface area contributed by atoms with Crippen LogP contribution in [0.3, 0.4) is 0 Å². The molecule has 0 atom stereocenters. The van der Waals surface area contributed by atoms with Gasteiger partial charge in [-0.15, -0.1) is 6.58 Å². The minimum absolute atomic E-state index is 0.0847. The van der Waals surface area contributed by atoms with Gasteiger partial charge in [0.25, 0.3) is 11.8 Å². The molecule has 0 aliphatic heterocycles. The van der Waals surface area contributed by atoms with Crippen molar-refractivity contribution in [1.29, 1.82) is 0 Å². The van der Waals surface area contributed by atoms with Crippen LogP contribution in [0.15, 0.2) is 60.2 Å². The Kier molecular flexibility index (Phi) is 6.93. The molecule has 0 radical (unpaired) electrons. The number of rotatable bonds is 7. The Morgan fingerprint density at radius 1 is 1.19 bits per heavy atom. The first-order valence-corrected chi connectivity index (χ1v) is 8.16. The predicted octanol–water partition coefficient (Wildman–Crippen LogP) is 2.65. The molecule has 0 bridgehead atoms. The molecular weight excluding hydrogens is 354 g/mol. The summed E-state index contributed by atoms with van der Waals surface area (Å²) in [6.45, 7) is 3.40. The summed E-state index contributed by atoms with van der Waals surface area (Å²) in [5.41, 5.74) is 3.87. The van der Waals surface area contributed by atoms with E-state index in [2.05, 4.69) is 22.4 Å². The first-order chi connectivity index (χ1) is 12.5. The van der Waals surface area contributed by atoms with Crippen LogP contribution < -0.4 is 10.7 Å². The maximum absolute atomic E-state index is 11.9. The second kappa shape index (κ2) is 9.39. The monoisotopic (exact) mass is 371 g/mol. The molecule has 2 aromatic rings. The summed E-state index contributed by atoms with van der Waals surface area (Å²) in [4.78, 5) is 23.6. The summed E-state index contributed by atoms with van der Waals surface area (Å²) in [5.74, 6) is -0.803. The van der Waals surface area contributed by atoms with Crippen LogP contribution in [-0.4, -0.2) is 29.7 Å². The van der Waals surface area contributed by atoms with E-state index < -0.39 is 11.8 Å². The minimum atomic E-state index is -0.495. The van der Waals surface area contributed by atoms with Crippen molar-refractivity contribution in [1.82, 2.24) is 10.7 Å². The Bertz CT molecular complexity index is 832. The number of amides is 2. The molecule has 3 N–H and O–H groups in total. The number of nitrogens with one attached hydrogen (secondary N) is 2. The van der Waals surface area contributed by atoms with Crippen molar-refractivity contribution in [2.24, 2.45) is 5.10 Å². The third kappa shape index (κ3) is 5.46. The zero-order valence-corrected chi connectivity index (χ0v) is 14.7. The van der Waals surface area contributed by atoms with Crippen molar-refractivity contribution < 1.29 is 14.7 Å². The van der Waals surface area contributed by atoms with Gasteiger partial charge in [-0.3, -0.25) is 9.59 Å². The number of carbonyl (C=O) groups is 2. The van der Waals surface area contributed by atoms with Crippen LogP contribution in [0.2, 0.25) is 5.02 Å². The Balaban J connectivity index is 1.86. The van der Waals surface area contributed by atoms with E-state index in [9.17, 15) is 14.7 Å². The van der Waals surface area contributed by atoms with Gasteiger partial charge in [-0.2, -0.15) is 5.10 Å². The molecule has 0 spiro atoms. The molecule has 0 saturated carbocycles. The van der Waals surface area contributed by atoms with E-state index in [0.29, 0.717) is 28.1 Å².